The van der Waals surface area contributed by atoms with Crippen molar-refractivity contribution in [1.29, 1.82) is 0 Å². The molecule has 0 atom stereocenters. The summed E-state index contributed by atoms with van der Waals surface area (Å²) in [5.74, 6) is 0.0516. The van der Waals surface area contributed by atoms with E-state index in [0.29, 0.717) is 29.5 Å². The van der Waals surface area contributed by atoms with Crippen molar-refractivity contribution in [3.63, 3.8) is 0 Å². The second-order valence-corrected chi connectivity index (χ2v) is 5.15. The van der Waals surface area contributed by atoms with Crippen molar-refractivity contribution in [2.75, 3.05) is 0 Å². The number of phenolic OH excluding ortho intramolecular Hbond substituents is 1. The van der Waals surface area contributed by atoms with Gasteiger partial charge in [-0.3, -0.25) is 14.9 Å². The van der Waals surface area contributed by atoms with E-state index in [4.69, 9.17) is 0 Å². The van der Waals surface area contributed by atoms with E-state index in [-0.39, 0.29) is 17.2 Å². The topological polar surface area (TPSA) is 80.4 Å². The third-order valence-corrected chi connectivity index (χ3v) is 3.78. The van der Waals surface area contributed by atoms with Crippen LogP contribution in [0.5, 0.6) is 5.75 Å². The maximum atomic E-state index is 12.5. The lowest BCUT2D eigenvalue weighted by Gasteiger charge is -2.18. The number of fused-ring (bicyclic) bond motifs is 1. The molecule has 2 aromatic rings. The average molecular weight is 295 g/mol. The fourth-order valence-electron chi connectivity index (χ4n) is 2.63. The Hall–Kier alpha value is -2.95. The largest absolute Gasteiger partial charge is 0.508 e. The van der Waals surface area contributed by atoms with Crippen molar-refractivity contribution in [3.05, 3.63) is 74.8 Å². The van der Waals surface area contributed by atoms with Gasteiger partial charge in [0.1, 0.15) is 5.75 Å². The second kappa shape index (κ2) is 5.44. The van der Waals surface area contributed by atoms with E-state index in [0.717, 1.165) is 5.56 Å². The van der Waals surface area contributed by atoms with E-state index in [1.165, 1.54) is 12.1 Å². The molecule has 0 saturated carbocycles. The number of nitro groups is 1. The number of benzene rings is 2. The van der Waals surface area contributed by atoms with Crippen LogP contribution in [0, 0.1) is 10.1 Å². The van der Waals surface area contributed by atoms with Gasteiger partial charge in [0.2, 0.25) is 0 Å². The van der Waals surface area contributed by atoms with Gasteiger partial charge in [-0.15, -0.1) is 0 Å². The summed E-state index contributed by atoms with van der Waals surface area (Å²) >= 11 is 0. The number of rotatable bonds is 2. The Bertz CT molecular complexity index is 791. The van der Waals surface area contributed by atoms with Gasteiger partial charge >= 0.3 is 0 Å². The number of allylic oxidation sites excluding steroid dienone is 1. The van der Waals surface area contributed by atoms with Gasteiger partial charge in [0.05, 0.1) is 4.92 Å². The number of hydrogen-bond acceptors (Lipinski definition) is 4. The maximum Gasteiger partial charge on any atom is 0.269 e. The maximum absolute atomic E-state index is 12.5. The number of carbonyl (C=O) groups is 1. The minimum atomic E-state index is -0.457. The first-order valence-electron chi connectivity index (χ1n) is 6.87. The highest BCUT2D eigenvalue weighted by atomic mass is 16.6. The predicted octanol–water partition coefficient (Wildman–Crippen LogP) is 3.51. The minimum Gasteiger partial charge on any atom is -0.508 e. The zero-order chi connectivity index (χ0) is 15.7. The molecule has 0 aliphatic heterocycles. The Kier molecular flexibility index (Phi) is 3.47. The quantitative estimate of drug-likeness (QED) is 0.522. The summed E-state index contributed by atoms with van der Waals surface area (Å²) in [6, 6.07) is 11.0. The van der Waals surface area contributed by atoms with Gasteiger partial charge in [-0.25, -0.2) is 0 Å². The summed E-state index contributed by atoms with van der Waals surface area (Å²) in [7, 11) is 0. The first-order valence-corrected chi connectivity index (χ1v) is 6.87. The number of Topliss-reactive ketones (excluding diaryl/α,β-unsaturated/α-hetero) is 1. The number of non-ortho nitro benzene ring substituents is 1. The highest BCUT2D eigenvalue weighted by Crippen LogP contribution is 2.32. The summed E-state index contributed by atoms with van der Waals surface area (Å²) in [5, 5.41) is 20.4. The van der Waals surface area contributed by atoms with Crippen molar-refractivity contribution in [2.45, 2.75) is 12.8 Å². The van der Waals surface area contributed by atoms with Crippen LogP contribution < -0.4 is 0 Å². The predicted molar refractivity (Wildman–Crippen MR) is 81.8 cm³/mol. The third-order valence-electron chi connectivity index (χ3n) is 3.78. The molecule has 1 N–H and O–H groups in total. The Labute approximate surface area is 126 Å². The fourth-order valence-corrected chi connectivity index (χ4v) is 2.63. The molecule has 0 fully saturated rings. The Morgan fingerprint density at radius 2 is 1.82 bits per heavy atom. The molecule has 1 aliphatic carbocycles. The number of nitrogens with zero attached hydrogens (tertiary/aromatic N) is 1. The van der Waals surface area contributed by atoms with E-state index in [2.05, 4.69) is 0 Å². The van der Waals surface area contributed by atoms with Crippen LogP contribution in [0.4, 0.5) is 5.69 Å². The molecule has 0 radical (unpaired) electrons. The van der Waals surface area contributed by atoms with Crippen LogP contribution in [-0.2, 0) is 6.42 Å². The summed E-state index contributed by atoms with van der Waals surface area (Å²) in [6.45, 7) is 0. The van der Waals surface area contributed by atoms with Gasteiger partial charge in [-0.2, -0.15) is 0 Å². The molecule has 0 aromatic heterocycles. The lowest BCUT2D eigenvalue weighted by Crippen LogP contribution is -2.14. The van der Waals surface area contributed by atoms with E-state index >= 15 is 0 Å². The van der Waals surface area contributed by atoms with Crippen molar-refractivity contribution in [3.8, 4) is 5.75 Å². The van der Waals surface area contributed by atoms with E-state index in [9.17, 15) is 20.0 Å². The molecule has 5 heteroatoms. The molecule has 0 amide bonds. The molecule has 110 valence electrons. The van der Waals surface area contributed by atoms with Crippen LogP contribution in [0.1, 0.15) is 27.9 Å². The fraction of sp³-hybridized carbons (Fsp3) is 0.118. The number of aromatic hydroxyl groups is 1. The van der Waals surface area contributed by atoms with Crippen LogP contribution in [0.2, 0.25) is 0 Å². The Morgan fingerprint density at radius 3 is 2.50 bits per heavy atom. The Balaban J connectivity index is 1.93. The minimum absolute atomic E-state index is 0.0207. The molecule has 0 unspecified atom stereocenters. The van der Waals surface area contributed by atoms with Crippen molar-refractivity contribution >= 4 is 17.5 Å². The first-order chi connectivity index (χ1) is 10.6. The van der Waals surface area contributed by atoms with Crippen molar-refractivity contribution in [2.24, 2.45) is 0 Å². The van der Waals surface area contributed by atoms with Crippen LogP contribution in [0.15, 0.2) is 48.0 Å². The zero-order valence-corrected chi connectivity index (χ0v) is 11.7. The van der Waals surface area contributed by atoms with E-state index in [1.807, 2.05) is 0 Å². The highest BCUT2D eigenvalue weighted by Gasteiger charge is 2.23. The molecule has 0 heterocycles. The monoisotopic (exact) mass is 295 g/mol. The van der Waals surface area contributed by atoms with Gasteiger partial charge < -0.3 is 5.11 Å². The van der Waals surface area contributed by atoms with Gasteiger partial charge in [0, 0.05) is 28.8 Å². The summed E-state index contributed by atoms with van der Waals surface area (Å²) < 4.78 is 0. The molecular formula is C17H13NO4. The molecule has 1 aliphatic rings. The first kappa shape index (κ1) is 14.0. The molecule has 0 saturated heterocycles. The molecule has 0 spiro atoms. The molecule has 0 bridgehead atoms. The summed E-state index contributed by atoms with van der Waals surface area (Å²) in [6.07, 6.45) is 2.89. The number of nitro benzene ring substituents is 1. The van der Waals surface area contributed by atoms with Gasteiger partial charge in [-0.05, 0) is 42.7 Å². The van der Waals surface area contributed by atoms with Crippen LogP contribution in [0.25, 0.3) is 6.08 Å². The number of phenols is 1. The lowest BCUT2D eigenvalue weighted by atomic mass is 9.85. The second-order valence-electron chi connectivity index (χ2n) is 5.15. The molecule has 2 aromatic carbocycles. The number of carbonyl (C=O) groups excluding carboxylic acids is 1. The summed E-state index contributed by atoms with van der Waals surface area (Å²) in [4.78, 5) is 22.6. The summed E-state index contributed by atoms with van der Waals surface area (Å²) in [5.41, 5.74) is 2.63. The van der Waals surface area contributed by atoms with Crippen molar-refractivity contribution in [1.82, 2.24) is 0 Å². The molecule has 22 heavy (non-hydrogen) atoms. The van der Waals surface area contributed by atoms with Gasteiger partial charge in [-0.1, -0.05) is 12.1 Å². The number of ketones is 1. The number of hydrogen-bond donors (Lipinski definition) is 1. The SMILES string of the molecule is O=C1/C(=C/c2ccc([N+](=O)[O-])cc2)CCc2c(O)cccc21. The molecule has 5 nitrogen and oxygen atoms in total. The zero-order valence-electron chi connectivity index (χ0n) is 11.7. The average Bonchev–Trinajstić information content (AvgIpc) is 2.51. The Morgan fingerprint density at radius 1 is 1.09 bits per heavy atom. The third kappa shape index (κ3) is 2.48. The normalized spacial score (nSPS) is 15.6. The van der Waals surface area contributed by atoms with Crippen LogP contribution >= 0.6 is 0 Å². The van der Waals surface area contributed by atoms with E-state index < -0.39 is 4.92 Å². The van der Waals surface area contributed by atoms with Crippen molar-refractivity contribution < 1.29 is 14.8 Å². The van der Waals surface area contributed by atoms with E-state index in [1.54, 1.807) is 36.4 Å². The van der Waals surface area contributed by atoms with Crippen LogP contribution in [-0.4, -0.2) is 15.8 Å². The van der Waals surface area contributed by atoms with Crippen LogP contribution in [0.3, 0.4) is 0 Å². The highest BCUT2D eigenvalue weighted by molar-refractivity contribution is 6.13. The standard InChI is InChI=1S/C17H13NO4/c19-16-3-1-2-15-14(16)9-6-12(17(15)20)10-11-4-7-13(8-5-11)18(21)22/h1-5,7-8,10,19H,6,9H2/b12-10+. The van der Waals surface area contributed by atoms with Gasteiger partial charge in [0.15, 0.2) is 5.78 Å². The smallest absolute Gasteiger partial charge is 0.269 e. The molecular weight excluding hydrogens is 282 g/mol. The molecule has 3 rings (SSSR count). The van der Waals surface area contributed by atoms with Gasteiger partial charge in [0.25, 0.3) is 5.69 Å². The lowest BCUT2D eigenvalue weighted by molar-refractivity contribution is -0.384.